The number of rotatable bonds is 1. The fourth-order valence-corrected chi connectivity index (χ4v) is 1.88. The van der Waals surface area contributed by atoms with E-state index in [1.54, 1.807) is 6.92 Å². The molecule has 3 aromatic rings. The van der Waals surface area contributed by atoms with Gasteiger partial charge in [0, 0.05) is 5.39 Å². The molecule has 1 N–H and O–H groups in total. The molecule has 84 valence electrons. The fraction of sp³-hybridized carbons (Fsp3) is 0.0769. The van der Waals surface area contributed by atoms with Crippen molar-refractivity contribution in [3.63, 3.8) is 0 Å². The summed E-state index contributed by atoms with van der Waals surface area (Å²) in [7, 11) is 0. The lowest BCUT2D eigenvalue weighted by atomic mass is 10.1. The third kappa shape index (κ3) is 1.54. The van der Waals surface area contributed by atoms with E-state index in [2.05, 4.69) is 10.1 Å². The number of H-pyrrole nitrogens is 1. The number of benzene rings is 1. The minimum absolute atomic E-state index is 0.384. The maximum atomic E-state index is 11.5. The number of hydrogen-bond acceptors (Lipinski definition) is 3. The van der Waals surface area contributed by atoms with Gasteiger partial charge in [-0.2, -0.15) is 0 Å². The average molecular weight is 226 g/mol. The molecule has 4 nitrogen and oxygen atoms in total. The highest BCUT2D eigenvalue weighted by atomic mass is 16.5. The van der Waals surface area contributed by atoms with Crippen LogP contribution < -0.4 is 5.63 Å². The largest absolute Gasteiger partial charge is 0.366 e. The van der Waals surface area contributed by atoms with E-state index in [4.69, 9.17) is 4.52 Å². The molecule has 0 spiro atoms. The van der Waals surface area contributed by atoms with Crippen LogP contribution in [0.25, 0.3) is 22.2 Å². The molecule has 0 aliphatic carbocycles. The molecule has 17 heavy (non-hydrogen) atoms. The molecule has 0 fully saturated rings. The topological polar surface area (TPSA) is 58.9 Å². The molecule has 4 heteroatoms. The number of hydrogen-bond donors (Lipinski definition) is 1. The molecular weight excluding hydrogens is 216 g/mol. The Bertz CT molecular complexity index is 740. The third-order valence-electron chi connectivity index (χ3n) is 2.73. The summed E-state index contributed by atoms with van der Waals surface area (Å²) in [5, 5.41) is 3.61. The van der Waals surface area contributed by atoms with Gasteiger partial charge in [-0.1, -0.05) is 24.3 Å². The van der Waals surface area contributed by atoms with Crippen molar-refractivity contribution in [1.29, 1.82) is 0 Å². The van der Waals surface area contributed by atoms with Gasteiger partial charge in [-0.25, -0.2) is 14.9 Å². The zero-order chi connectivity index (χ0) is 11.8. The van der Waals surface area contributed by atoms with Gasteiger partial charge in [-0.05, 0) is 19.1 Å². The third-order valence-corrected chi connectivity index (χ3v) is 2.73. The van der Waals surface area contributed by atoms with E-state index < -0.39 is 0 Å². The van der Waals surface area contributed by atoms with Crippen molar-refractivity contribution in [3.05, 3.63) is 52.5 Å². The highest BCUT2D eigenvalue weighted by Crippen LogP contribution is 2.20. The number of nitrogens with zero attached hydrogens (tertiary/aromatic N) is 1. The van der Waals surface area contributed by atoms with Crippen molar-refractivity contribution < 1.29 is 4.52 Å². The van der Waals surface area contributed by atoms with E-state index in [9.17, 15) is 4.79 Å². The van der Waals surface area contributed by atoms with E-state index in [0.717, 1.165) is 10.9 Å². The Labute approximate surface area is 96.9 Å². The Kier molecular flexibility index (Phi) is 2.08. The molecule has 3 rings (SSSR count). The van der Waals surface area contributed by atoms with Crippen LogP contribution in [0.3, 0.4) is 0 Å². The van der Waals surface area contributed by atoms with Gasteiger partial charge in [0.25, 0.3) is 0 Å². The second kappa shape index (κ2) is 3.59. The Morgan fingerprint density at radius 1 is 1.18 bits per heavy atom. The van der Waals surface area contributed by atoms with Gasteiger partial charge in [0.1, 0.15) is 5.56 Å². The molecule has 0 atom stereocenters. The maximum absolute atomic E-state index is 11.5. The number of aryl methyl sites for hydroxylation is 1. The summed E-state index contributed by atoms with van der Waals surface area (Å²) in [6, 6.07) is 11.6. The molecule has 0 aliphatic heterocycles. The van der Waals surface area contributed by atoms with Crippen molar-refractivity contribution in [2.75, 3.05) is 0 Å². The van der Waals surface area contributed by atoms with Gasteiger partial charge in [0.2, 0.25) is 0 Å². The lowest BCUT2D eigenvalue weighted by Gasteiger charge is -2.00. The second-order valence-electron chi connectivity index (χ2n) is 3.88. The molecule has 0 saturated carbocycles. The quantitative estimate of drug-likeness (QED) is 0.693. The Morgan fingerprint density at radius 2 is 2.00 bits per heavy atom. The number of fused-ring (bicyclic) bond motifs is 1. The number of nitrogens with one attached hydrogen (secondary N) is 1. The van der Waals surface area contributed by atoms with Gasteiger partial charge < -0.3 is 4.52 Å². The van der Waals surface area contributed by atoms with Gasteiger partial charge >= 0.3 is 5.63 Å². The lowest BCUT2D eigenvalue weighted by Crippen LogP contribution is -1.99. The Hall–Kier alpha value is -2.36. The highest BCUT2D eigenvalue weighted by Gasteiger charge is 2.12. The summed E-state index contributed by atoms with van der Waals surface area (Å²) in [5.74, 6) is 0. The van der Waals surface area contributed by atoms with E-state index in [0.29, 0.717) is 17.0 Å². The summed E-state index contributed by atoms with van der Waals surface area (Å²) in [6.45, 7) is 1.79. The van der Waals surface area contributed by atoms with Crippen LogP contribution in [-0.2, 0) is 0 Å². The first-order valence-corrected chi connectivity index (χ1v) is 5.30. The van der Waals surface area contributed by atoms with Crippen molar-refractivity contribution in [1.82, 2.24) is 10.1 Å². The van der Waals surface area contributed by atoms with Crippen molar-refractivity contribution in [3.8, 4) is 11.3 Å². The maximum Gasteiger partial charge on any atom is 0.366 e. The van der Waals surface area contributed by atoms with Crippen LogP contribution in [0.4, 0.5) is 0 Å². The molecule has 0 aliphatic rings. The first kappa shape index (κ1) is 9.84. The summed E-state index contributed by atoms with van der Waals surface area (Å²) >= 11 is 0. The number of aromatic nitrogens is 2. The fourth-order valence-electron chi connectivity index (χ4n) is 1.88. The molecule has 0 bridgehead atoms. The number of para-hydroxylation sites is 1. The Balaban J connectivity index is 2.29. The first-order valence-electron chi connectivity index (χ1n) is 5.30. The minimum atomic E-state index is -0.384. The standard InChI is InChI=1S/C13H10N2O2/c1-8-12(13(16)17-15-8)11-7-6-9-4-2-3-5-10(9)14-11/h2-7,15H,1H3. The molecule has 0 unspecified atom stereocenters. The summed E-state index contributed by atoms with van der Waals surface area (Å²) < 4.78 is 4.74. The van der Waals surface area contributed by atoms with Crippen LogP contribution in [0.5, 0.6) is 0 Å². The molecular formula is C13H10N2O2. The molecule has 0 amide bonds. The predicted molar refractivity (Wildman–Crippen MR) is 64.8 cm³/mol. The summed E-state index contributed by atoms with van der Waals surface area (Å²) in [6.07, 6.45) is 0. The average Bonchev–Trinajstić information content (AvgIpc) is 2.68. The number of pyridine rings is 1. The normalized spacial score (nSPS) is 10.9. The molecule has 1 aromatic carbocycles. The van der Waals surface area contributed by atoms with Gasteiger partial charge in [-0.15, -0.1) is 0 Å². The molecule has 2 aromatic heterocycles. The monoisotopic (exact) mass is 226 g/mol. The zero-order valence-corrected chi connectivity index (χ0v) is 9.23. The van der Waals surface area contributed by atoms with E-state index in [-0.39, 0.29) is 5.63 Å². The molecule has 0 saturated heterocycles. The van der Waals surface area contributed by atoms with Crippen LogP contribution in [0.15, 0.2) is 45.7 Å². The second-order valence-corrected chi connectivity index (χ2v) is 3.88. The van der Waals surface area contributed by atoms with Crippen molar-refractivity contribution >= 4 is 10.9 Å². The minimum Gasteiger partial charge on any atom is -0.338 e. The molecule has 0 radical (unpaired) electrons. The predicted octanol–water partition coefficient (Wildman–Crippen LogP) is 2.49. The first-order chi connectivity index (χ1) is 8.25. The SMILES string of the molecule is Cc1[nH]oc(=O)c1-c1ccc2ccccc2n1. The van der Waals surface area contributed by atoms with Crippen molar-refractivity contribution in [2.24, 2.45) is 0 Å². The smallest absolute Gasteiger partial charge is 0.338 e. The van der Waals surface area contributed by atoms with Crippen LogP contribution >= 0.6 is 0 Å². The van der Waals surface area contributed by atoms with Crippen LogP contribution in [0.2, 0.25) is 0 Å². The van der Waals surface area contributed by atoms with Crippen molar-refractivity contribution in [2.45, 2.75) is 6.92 Å². The van der Waals surface area contributed by atoms with Gasteiger partial charge in [0.05, 0.1) is 16.9 Å². The lowest BCUT2D eigenvalue weighted by molar-refractivity contribution is 0.388. The number of aromatic amines is 1. The molecule has 2 heterocycles. The summed E-state index contributed by atoms with van der Waals surface area (Å²) in [5.41, 5.74) is 2.31. The summed E-state index contributed by atoms with van der Waals surface area (Å²) in [4.78, 5) is 16.0. The van der Waals surface area contributed by atoms with Gasteiger partial charge in [-0.3, -0.25) is 0 Å². The van der Waals surface area contributed by atoms with E-state index >= 15 is 0 Å². The van der Waals surface area contributed by atoms with E-state index in [1.165, 1.54) is 0 Å². The van der Waals surface area contributed by atoms with Crippen LogP contribution in [0.1, 0.15) is 5.69 Å². The van der Waals surface area contributed by atoms with Crippen LogP contribution in [-0.4, -0.2) is 10.1 Å². The van der Waals surface area contributed by atoms with Gasteiger partial charge in [0.15, 0.2) is 0 Å². The van der Waals surface area contributed by atoms with E-state index in [1.807, 2.05) is 36.4 Å². The Morgan fingerprint density at radius 3 is 2.76 bits per heavy atom. The zero-order valence-electron chi connectivity index (χ0n) is 9.23. The highest BCUT2D eigenvalue weighted by molar-refractivity contribution is 5.81. The van der Waals surface area contributed by atoms with Crippen LogP contribution in [0, 0.1) is 6.92 Å².